The molecule has 13 nitrogen and oxygen atoms in total. The average Bonchev–Trinajstić information content (AvgIpc) is 3.98. The Labute approximate surface area is 465 Å². The predicted octanol–water partition coefficient (Wildman–Crippen LogP) is 10.3. The van der Waals surface area contributed by atoms with Gasteiger partial charge in [-0.25, -0.2) is 9.97 Å². The number of nitrogen functional groups attached to an aromatic ring is 1. The first kappa shape index (κ1) is 53.7. The van der Waals surface area contributed by atoms with E-state index in [0.717, 1.165) is 80.5 Å². The maximum atomic E-state index is 15.0. The monoisotopic (exact) mass is 1060 g/mol. The summed E-state index contributed by atoms with van der Waals surface area (Å²) in [6, 6.07) is 70.0. The summed E-state index contributed by atoms with van der Waals surface area (Å²) in [5, 5.41) is 13.3. The molecule has 4 amide bonds. The van der Waals surface area contributed by atoms with Gasteiger partial charge in [0.2, 0.25) is 23.6 Å². The van der Waals surface area contributed by atoms with Gasteiger partial charge in [-0.2, -0.15) is 0 Å². The summed E-state index contributed by atoms with van der Waals surface area (Å²) in [7, 11) is 0. The van der Waals surface area contributed by atoms with Gasteiger partial charge in [0.1, 0.15) is 28.5 Å². The number of fused-ring (bicyclic) bond motifs is 3. The van der Waals surface area contributed by atoms with Gasteiger partial charge in [-0.3, -0.25) is 19.2 Å². The number of aromatic nitrogens is 3. The molecule has 2 atom stereocenters. The van der Waals surface area contributed by atoms with Crippen molar-refractivity contribution in [1.82, 2.24) is 30.5 Å². The fourth-order valence-electron chi connectivity index (χ4n) is 10.8. The highest BCUT2D eigenvalue weighted by Crippen LogP contribution is 2.39. The van der Waals surface area contributed by atoms with Crippen LogP contribution in [0, 0.1) is 0 Å². The maximum Gasteiger partial charge on any atom is 0.247 e. The Morgan fingerprint density at radius 2 is 0.950 bits per heavy atom. The zero-order valence-electron chi connectivity index (χ0n) is 44.5. The van der Waals surface area contributed by atoms with E-state index in [1.807, 2.05) is 218 Å². The van der Waals surface area contributed by atoms with E-state index in [9.17, 15) is 19.2 Å². The lowest BCUT2D eigenvalue weighted by atomic mass is 9.77. The van der Waals surface area contributed by atoms with Crippen LogP contribution in [0.2, 0.25) is 0 Å². The highest BCUT2D eigenvalue weighted by atomic mass is 16.2. The molecule has 8 N–H and O–H groups in total. The van der Waals surface area contributed by atoms with Crippen LogP contribution in [0.25, 0.3) is 21.9 Å². The number of carbonyl (C=O) groups is 4. The van der Waals surface area contributed by atoms with E-state index in [2.05, 4.69) is 37.7 Å². The maximum absolute atomic E-state index is 15.0. The number of hydrogen-bond donors (Lipinski definition) is 6. The van der Waals surface area contributed by atoms with Crippen LogP contribution in [0.5, 0.6) is 0 Å². The molecule has 0 unspecified atom stereocenters. The van der Waals surface area contributed by atoms with Crippen LogP contribution in [-0.4, -0.2) is 50.2 Å². The topological polar surface area (TPSA) is 199 Å². The minimum atomic E-state index is -1.46. The lowest BCUT2D eigenvalue weighted by Crippen LogP contribution is -2.55. The number of carbonyl (C=O) groups excluding carboxylic acids is 4. The van der Waals surface area contributed by atoms with Crippen LogP contribution in [0.15, 0.2) is 231 Å². The van der Waals surface area contributed by atoms with Crippen molar-refractivity contribution in [3.05, 3.63) is 275 Å². The predicted molar refractivity (Wildman–Crippen MR) is 316 cm³/mol. The summed E-state index contributed by atoms with van der Waals surface area (Å²) in [4.78, 5) is 68.4. The van der Waals surface area contributed by atoms with Crippen LogP contribution in [0.1, 0.15) is 77.4 Å². The molecule has 0 aliphatic carbocycles. The number of para-hydroxylation sites is 1. The molecule has 0 saturated heterocycles. The lowest BCUT2D eigenvalue weighted by molar-refractivity contribution is -0.132. The quantitative estimate of drug-likeness (QED) is 0.0382. The molecule has 0 spiro atoms. The van der Waals surface area contributed by atoms with Gasteiger partial charge in [0.05, 0.1) is 29.9 Å². The van der Waals surface area contributed by atoms with Gasteiger partial charge >= 0.3 is 0 Å². The molecule has 2 aromatic heterocycles. The zero-order chi connectivity index (χ0) is 55.5. The van der Waals surface area contributed by atoms with Crippen molar-refractivity contribution in [1.29, 1.82) is 0 Å². The minimum Gasteiger partial charge on any atom is -0.382 e. The first-order valence-electron chi connectivity index (χ1n) is 27.0. The van der Waals surface area contributed by atoms with E-state index in [0.29, 0.717) is 23.6 Å². The van der Waals surface area contributed by atoms with Crippen LogP contribution in [-0.2, 0) is 43.2 Å². The molecule has 80 heavy (non-hydrogen) atoms. The molecule has 0 aliphatic rings. The van der Waals surface area contributed by atoms with Gasteiger partial charge in [0.15, 0.2) is 5.82 Å². The summed E-state index contributed by atoms with van der Waals surface area (Å²) in [6.07, 6.45) is 1.73. The van der Waals surface area contributed by atoms with Crippen LogP contribution in [0.3, 0.4) is 0 Å². The second-order valence-electron chi connectivity index (χ2n) is 20.0. The van der Waals surface area contributed by atoms with Crippen molar-refractivity contribution in [2.24, 2.45) is 5.73 Å². The number of aryl methyl sites for hydroxylation is 1. The van der Waals surface area contributed by atoms with E-state index < -0.39 is 59.6 Å². The van der Waals surface area contributed by atoms with E-state index in [1.165, 1.54) is 0 Å². The molecule has 8 aromatic carbocycles. The molecule has 0 radical (unpaired) electrons. The molecule has 0 fully saturated rings. The number of nitrogens with one attached hydrogen (secondary N) is 4. The van der Waals surface area contributed by atoms with Crippen LogP contribution >= 0.6 is 0 Å². The number of rotatable bonds is 21. The van der Waals surface area contributed by atoms with Crippen molar-refractivity contribution in [2.75, 3.05) is 11.1 Å². The summed E-state index contributed by atoms with van der Waals surface area (Å²) in [5.74, 6) is -1.27. The molecule has 0 bridgehead atoms. The number of benzene rings is 8. The van der Waals surface area contributed by atoms with Gasteiger partial charge in [-0.05, 0) is 63.6 Å². The van der Waals surface area contributed by atoms with Gasteiger partial charge in [-0.15, -0.1) is 0 Å². The third-order valence-corrected chi connectivity index (χ3v) is 14.7. The van der Waals surface area contributed by atoms with Crippen molar-refractivity contribution < 1.29 is 19.2 Å². The first-order chi connectivity index (χ1) is 39.1. The van der Waals surface area contributed by atoms with Crippen molar-refractivity contribution in [2.45, 2.75) is 68.7 Å². The van der Waals surface area contributed by atoms with Crippen molar-refractivity contribution in [3.8, 4) is 0 Å². The second kappa shape index (κ2) is 24.3. The summed E-state index contributed by atoms with van der Waals surface area (Å²) in [5.41, 5.74) is 19.2. The van der Waals surface area contributed by atoms with Gasteiger partial charge in [-0.1, -0.05) is 226 Å². The molecule has 2 heterocycles. The highest BCUT2D eigenvalue weighted by Gasteiger charge is 2.41. The molecule has 13 heteroatoms. The largest absolute Gasteiger partial charge is 0.382 e. The number of nitrogens with zero attached hydrogens (tertiary/aromatic N) is 3. The number of nitrogens with two attached hydrogens (primary N) is 2. The number of anilines is 2. The number of unbranched alkanes of at least 4 members (excludes halogenated alkanes) is 1. The Morgan fingerprint density at radius 3 is 1.40 bits per heavy atom. The number of amides is 4. The van der Waals surface area contributed by atoms with Crippen molar-refractivity contribution >= 4 is 57.1 Å². The molecule has 0 aliphatic heterocycles. The number of pyridine rings is 1. The van der Waals surface area contributed by atoms with Gasteiger partial charge in [0, 0.05) is 24.0 Å². The molecule has 0 saturated carbocycles. The first-order valence-corrected chi connectivity index (χ1v) is 27.0. The van der Waals surface area contributed by atoms with Gasteiger partial charge < -0.3 is 37.3 Å². The third-order valence-electron chi connectivity index (χ3n) is 14.7. The standard InChI is InChI=1S/C67H63N9O4/c1-2-3-38-58-73-61-62(54-36-22-23-37-56(54)71-63(61)69)76(58)45-46-39-41-53(42-40-46)70-65(80)57(44-60(78)75-67(50-30-16-7-17-31-50,51-32-18-8-19-33-51)52-34-20-9-21-35-52)72-64(79)55(68)43-59(77)74-66(47-24-10-4-11-25-47,48-26-12-5-13-27-48)49-28-14-6-15-29-49/h4-37,39-42,55,57H,2-3,38,43-45,68H2,1H3,(H2,69,71)(H,70,80)(H,72,79)(H,74,77)(H,75,78)/t55-,57-/m0/s1. The lowest BCUT2D eigenvalue weighted by Gasteiger charge is -2.37. The molecule has 400 valence electrons. The Morgan fingerprint density at radius 1 is 0.525 bits per heavy atom. The highest BCUT2D eigenvalue weighted by molar-refractivity contribution is 6.06. The Kier molecular flexibility index (Phi) is 16.3. The SMILES string of the molecule is CCCCc1nc2c(N)nc3ccccc3c2n1Cc1ccc(NC(=O)[C@H](CC(=O)NC(c2ccccc2)(c2ccccc2)c2ccccc2)NC(=O)[C@@H](N)CC(=O)NC(c2ccccc2)(c2ccccc2)c2ccccc2)cc1. The van der Waals surface area contributed by atoms with E-state index in [-0.39, 0.29) is 0 Å². The summed E-state index contributed by atoms with van der Waals surface area (Å²) in [6.45, 7) is 2.61. The Balaban J connectivity index is 0.945. The zero-order valence-corrected chi connectivity index (χ0v) is 44.5. The van der Waals surface area contributed by atoms with E-state index in [4.69, 9.17) is 16.5 Å². The Bertz CT molecular complexity index is 3540. The molecule has 10 aromatic rings. The third kappa shape index (κ3) is 11.3. The fraction of sp³-hybridized carbons (Fsp3) is 0.164. The van der Waals surface area contributed by atoms with Gasteiger partial charge in [0.25, 0.3) is 0 Å². The second-order valence-corrected chi connectivity index (χ2v) is 20.0. The normalized spacial score (nSPS) is 12.3. The summed E-state index contributed by atoms with van der Waals surface area (Å²) >= 11 is 0. The van der Waals surface area contributed by atoms with E-state index in [1.54, 1.807) is 12.1 Å². The Hall–Kier alpha value is -9.72. The minimum absolute atomic E-state index is 0.370. The van der Waals surface area contributed by atoms with Crippen molar-refractivity contribution in [3.63, 3.8) is 0 Å². The summed E-state index contributed by atoms with van der Waals surface area (Å²) < 4.78 is 2.19. The van der Waals surface area contributed by atoms with Crippen LogP contribution in [0.4, 0.5) is 11.5 Å². The average molecular weight is 1060 g/mol. The molecular weight excluding hydrogens is 995 g/mol. The fourth-order valence-corrected chi connectivity index (χ4v) is 10.8. The number of hydrogen-bond acceptors (Lipinski definition) is 8. The van der Waals surface area contributed by atoms with Crippen LogP contribution < -0.4 is 32.7 Å². The van der Waals surface area contributed by atoms with E-state index >= 15 is 0 Å². The molecule has 10 rings (SSSR count). The number of imidazole rings is 1. The smallest absolute Gasteiger partial charge is 0.247 e. The molecular formula is C67H63N9O4.